The quantitative estimate of drug-likeness (QED) is 0.738. The van der Waals surface area contributed by atoms with E-state index in [1.54, 1.807) is 16.9 Å². The van der Waals surface area contributed by atoms with Crippen molar-refractivity contribution in [2.45, 2.75) is 0 Å². The van der Waals surface area contributed by atoms with Gasteiger partial charge in [-0.1, -0.05) is 18.3 Å². The van der Waals surface area contributed by atoms with E-state index in [1.165, 1.54) is 0 Å². The van der Waals surface area contributed by atoms with Crippen molar-refractivity contribution in [2.75, 3.05) is 0 Å². The second-order valence-corrected chi connectivity index (χ2v) is 3.14. The molecule has 2 N–H and O–H groups in total. The van der Waals surface area contributed by atoms with Gasteiger partial charge in [0, 0.05) is 12.4 Å². The fraction of sp³-hybridized carbons (Fsp3) is 0. The molecule has 0 aromatic carbocycles. The normalized spacial score (nSPS) is 10.0. The molecule has 2 aromatic heterocycles. The van der Waals surface area contributed by atoms with Crippen LogP contribution in [-0.2, 0) is 0 Å². The number of pyridine rings is 1. The van der Waals surface area contributed by atoms with Crippen LogP contribution in [0.2, 0.25) is 0 Å². The van der Waals surface area contributed by atoms with Gasteiger partial charge in [0.2, 0.25) is 0 Å². The maximum atomic E-state index is 5.48. The van der Waals surface area contributed by atoms with Gasteiger partial charge in [-0.05, 0) is 18.2 Å². The van der Waals surface area contributed by atoms with Crippen molar-refractivity contribution in [3.63, 3.8) is 0 Å². The number of hydrogen-bond acceptors (Lipinski definition) is 3. The summed E-state index contributed by atoms with van der Waals surface area (Å²) >= 11 is 4.84. The van der Waals surface area contributed by atoms with Gasteiger partial charge in [-0.15, -0.1) is 0 Å². The molecule has 0 aliphatic carbocycles. The first-order chi connectivity index (χ1) is 6.77. The molecule has 0 bridgehead atoms. The van der Waals surface area contributed by atoms with Crippen LogP contribution in [0, 0.1) is 0 Å². The molecule has 0 saturated heterocycles. The Labute approximate surface area is 86.4 Å². The van der Waals surface area contributed by atoms with Crippen LogP contribution in [0.4, 0.5) is 0 Å². The lowest BCUT2D eigenvalue weighted by Gasteiger charge is -2.02. The first kappa shape index (κ1) is 8.83. The molecule has 14 heavy (non-hydrogen) atoms. The number of hydrogen-bond donors (Lipinski definition) is 1. The van der Waals surface area contributed by atoms with Gasteiger partial charge in [0.05, 0.1) is 5.69 Å². The molecule has 0 aliphatic heterocycles. The van der Waals surface area contributed by atoms with E-state index < -0.39 is 0 Å². The summed E-state index contributed by atoms with van der Waals surface area (Å²) in [7, 11) is 0. The second-order valence-electron chi connectivity index (χ2n) is 2.70. The molecule has 0 saturated carbocycles. The molecular formula is C9H8N4S. The minimum atomic E-state index is 0.291. The molecule has 2 aromatic rings. The van der Waals surface area contributed by atoms with Crippen molar-refractivity contribution in [1.82, 2.24) is 14.8 Å². The van der Waals surface area contributed by atoms with Crippen LogP contribution in [0.15, 0.2) is 36.7 Å². The van der Waals surface area contributed by atoms with E-state index in [2.05, 4.69) is 10.1 Å². The lowest BCUT2D eigenvalue weighted by molar-refractivity contribution is 0.845. The van der Waals surface area contributed by atoms with E-state index in [9.17, 15) is 0 Å². The molecule has 4 nitrogen and oxygen atoms in total. The van der Waals surface area contributed by atoms with Crippen LogP contribution in [0.5, 0.6) is 0 Å². The molecule has 2 heterocycles. The predicted octanol–water partition coefficient (Wildman–Crippen LogP) is 0.901. The first-order valence-corrected chi connectivity index (χ1v) is 4.45. The van der Waals surface area contributed by atoms with Crippen LogP contribution in [-0.4, -0.2) is 19.8 Å². The molecule has 0 atom stereocenters. The molecule has 0 fully saturated rings. The summed E-state index contributed by atoms with van der Waals surface area (Å²) in [6.07, 6.45) is 3.50. The highest BCUT2D eigenvalue weighted by Gasteiger charge is 2.01. The molecular weight excluding hydrogens is 196 g/mol. The third-order valence-corrected chi connectivity index (χ3v) is 1.94. The monoisotopic (exact) mass is 204 g/mol. The fourth-order valence-electron chi connectivity index (χ4n) is 1.09. The summed E-state index contributed by atoms with van der Waals surface area (Å²) in [4.78, 5) is 4.54. The van der Waals surface area contributed by atoms with Crippen molar-refractivity contribution in [1.29, 1.82) is 0 Å². The van der Waals surface area contributed by atoms with Crippen molar-refractivity contribution >= 4 is 17.2 Å². The highest BCUT2D eigenvalue weighted by atomic mass is 32.1. The van der Waals surface area contributed by atoms with Gasteiger partial charge in [0.25, 0.3) is 0 Å². The van der Waals surface area contributed by atoms with E-state index >= 15 is 0 Å². The predicted molar refractivity (Wildman–Crippen MR) is 57.2 cm³/mol. The van der Waals surface area contributed by atoms with Gasteiger partial charge < -0.3 is 5.73 Å². The molecule has 0 aliphatic rings. The topological polar surface area (TPSA) is 56.7 Å². The number of rotatable bonds is 2. The summed E-state index contributed by atoms with van der Waals surface area (Å²) in [5.41, 5.74) is 6.08. The van der Waals surface area contributed by atoms with E-state index in [0.717, 1.165) is 0 Å². The summed E-state index contributed by atoms with van der Waals surface area (Å²) in [6, 6.07) is 7.29. The number of nitrogens with two attached hydrogens (primary N) is 1. The van der Waals surface area contributed by atoms with E-state index in [1.807, 2.05) is 24.4 Å². The van der Waals surface area contributed by atoms with Crippen molar-refractivity contribution in [3.8, 4) is 5.82 Å². The van der Waals surface area contributed by atoms with E-state index in [-0.39, 0.29) is 0 Å². The Bertz CT molecular complexity index is 450. The Morgan fingerprint density at radius 3 is 2.86 bits per heavy atom. The Balaban J connectivity index is 2.46. The minimum Gasteiger partial charge on any atom is -0.388 e. The largest absolute Gasteiger partial charge is 0.388 e. The van der Waals surface area contributed by atoms with E-state index in [4.69, 9.17) is 18.0 Å². The standard InChI is InChI=1S/C9H8N4S/c10-9(14)7-3-1-4-8(12-7)13-6-2-5-11-13/h1-6H,(H2,10,14). The van der Waals surface area contributed by atoms with Crippen LogP contribution in [0.3, 0.4) is 0 Å². The Morgan fingerprint density at radius 1 is 1.36 bits per heavy atom. The molecule has 70 valence electrons. The minimum absolute atomic E-state index is 0.291. The summed E-state index contributed by atoms with van der Waals surface area (Å²) < 4.78 is 1.65. The second kappa shape index (κ2) is 3.55. The molecule has 0 radical (unpaired) electrons. The summed E-state index contributed by atoms with van der Waals surface area (Å²) in [5.74, 6) is 0.709. The van der Waals surface area contributed by atoms with Gasteiger partial charge in [-0.2, -0.15) is 5.10 Å². The lowest BCUT2D eigenvalue weighted by atomic mass is 10.3. The third kappa shape index (κ3) is 1.62. The Morgan fingerprint density at radius 2 is 2.21 bits per heavy atom. The molecule has 0 spiro atoms. The van der Waals surface area contributed by atoms with Crippen LogP contribution >= 0.6 is 12.2 Å². The first-order valence-electron chi connectivity index (χ1n) is 4.04. The summed E-state index contributed by atoms with van der Waals surface area (Å²) in [6.45, 7) is 0. The van der Waals surface area contributed by atoms with Gasteiger partial charge in [0.1, 0.15) is 4.99 Å². The van der Waals surface area contributed by atoms with Gasteiger partial charge in [-0.25, -0.2) is 9.67 Å². The Hall–Kier alpha value is -1.75. The van der Waals surface area contributed by atoms with E-state index in [0.29, 0.717) is 16.5 Å². The van der Waals surface area contributed by atoms with Crippen molar-refractivity contribution in [2.24, 2.45) is 5.73 Å². The van der Waals surface area contributed by atoms with Crippen LogP contribution in [0.1, 0.15) is 5.69 Å². The third-order valence-electron chi connectivity index (χ3n) is 1.73. The average Bonchev–Trinajstić information content (AvgIpc) is 2.71. The number of nitrogens with zero attached hydrogens (tertiary/aromatic N) is 3. The smallest absolute Gasteiger partial charge is 0.154 e. The molecule has 0 unspecified atom stereocenters. The van der Waals surface area contributed by atoms with Crippen LogP contribution < -0.4 is 5.73 Å². The molecule has 2 rings (SSSR count). The lowest BCUT2D eigenvalue weighted by Crippen LogP contribution is -2.12. The fourth-order valence-corrected chi connectivity index (χ4v) is 1.21. The maximum Gasteiger partial charge on any atom is 0.154 e. The average molecular weight is 204 g/mol. The molecule has 0 amide bonds. The zero-order valence-corrected chi connectivity index (χ0v) is 8.11. The van der Waals surface area contributed by atoms with Crippen molar-refractivity contribution in [3.05, 3.63) is 42.4 Å². The van der Waals surface area contributed by atoms with Gasteiger partial charge in [-0.3, -0.25) is 0 Å². The SMILES string of the molecule is NC(=S)c1cccc(-n2cccn2)n1. The highest BCUT2D eigenvalue weighted by molar-refractivity contribution is 7.80. The van der Waals surface area contributed by atoms with Gasteiger partial charge >= 0.3 is 0 Å². The summed E-state index contributed by atoms with van der Waals surface area (Å²) in [5, 5.41) is 4.06. The zero-order valence-electron chi connectivity index (χ0n) is 7.29. The number of aromatic nitrogens is 3. The zero-order chi connectivity index (χ0) is 9.97. The van der Waals surface area contributed by atoms with Crippen LogP contribution in [0.25, 0.3) is 5.82 Å². The maximum absolute atomic E-state index is 5.48. The number of thiocarbonyl (C=S) groups is 1. The molecule has 5 heteroatoms. The van der Waals surface area contributed by atoms with Gasteiger partial charge in [0.15, 0.2) is 5.82 Å². The highest BCUT2D eigenvalue weighted by Crippen LogP contribution is 2.03. The Kier molecular flexibility index (Phi) is 2.24. The van der Waals surface area contributed by atoms with Crippen molar-refractivity contribution < 1.29 is 0 Å².